The van der Waals surface area contributed by atoms with Crippen LogP contribution in [0.1, 0.15) is 11.1 Å². The molecule has 0 aliphatic carbocycles. The molecule has 0 bridgehead atoms. The van der Waals surface area contributed by atoms with Crippen molar-refractivity contribution in [1.29, 1.82) is 5.26 Å². The van der Waals surface area contributed by atoms with Crippen LogP contribution in [0.3, 0.4) is 0 Å². The van der Waals surface area contributed by atoms with Crippen LogP contribution < -0.4 is 14.8 Å². The quantitative estimate of drug-likeness (QED) is 0.346. The average molecular weight is 481 g/mol. The molecule has 0 unspecified atom stereocenters. The summed E-state index contributed by atoms with van der Waals surface area (Å²) in [5.41, 5.74) is 1.88. The molecule has 5 nitrogen and oxygen atoms in total. The van der Waals surface area contributed by atoms with Gasteiger partial charge < -0.3 is 14.8 Å². The summed E-state index contributed by atoms with van der Waals surface area (Å²) < 4.78 is 25.2. The van der Waals surface area contributed by atoms with Crippen molar-refractivity contribution in [2.75, 3.05) is 12.4 Å². The lowest BCUT2D eigenvalue weighted by atomic mass is 10.1. The summed E-state index contributed by atoms with van der Waals surface area (Å²) >= 11 is 3.40. The molecule has 3 rings (SSSR count). The van der Waals surface area contributed by atoms with Gasteiger partial charge in [-0.05, 0) is 65.7 Å². The van der Waals surface area contributed by atoms with Crippen molar-refractivity contribution in [3.05, 3.63) is 93.7 Å². The van der Waals surface area contributed by atoms with E-state index in [-0.39, 0.29) is 5.57 Å². The fourth-order valence-corrected chi connectivity index (χ4v) is 2.95. The van der Waals surface area contributed by atoms with Gasteiger partial charge in [0.2, 0.25) is 0 Å². The number of carbonyl (C=O) groups is 1. The molecule has 3 aromatic carbocycles. The van der Waals surface area contributed by atoms with E-state index in [0.29, 0.717) is 29.4 Å². The molecule has 3 aromatic rings. The van der Waals surface area contributed by atoms with Gasteiger partial charge in [0.15, 0.2) is 11.5 Å². The van der Waals surface area contributed by atoms with Gasteiger partial charge in [-0.2, -0.15) is 5.26 Å². The van der Waals surface area contributed by atoms with Crippen LogP contribution in [0.5, 0.6) is 11.5 Å². The Morgan fingerprint density at radius 2 is 1.81 bits per heavy atom. The van der Waals surface area contributed by atoms with Gasteiger partial charge in [0.25, 0.3) is 5.91 Å². The summed E-state index contributed by atoms with van der Waals surface area (Å²) in [6.45, 7) is 0.363. The standard InChI is InChI=1S/C24H18BrFN2O3/c1-30-23-13-17(4-11-22(23)31-15-16-2-5-19(25)6-3-16)12-18(14-27)24(29)28-21-9-7-20(26)8-10-21/h2-13H,15H2,1H3,(H,28,29)/b18-12-. The van der Waals surface area contributed by atoms with Gasteiger partial charge in [-0.15, -0.1) is 0 Å². The molecule has 31 heavy (non-hydrogen) atoms. The van der Waals surface area contributed by atoms with E-state index in [2.05, 4.69) is 21.2 Å². The van der Waals surface area contributed by atoms with Crippen molar-refractivity contribution in [3.63, 3.8) is 0 Å². The van der Waals surface area contributed by atoms with Gasteiger partial charge in [-0.3, -0.25) is 4.79 Å². The number of methoxy groups -OCH3 is 1. The third-order valence-corrected chi connectivity index (χ3v) is 4.80. The first kappa shape index (κ1) is 22.1. The zero-order chi connectivity index (χ0) is 22.2. The minimum absolute atomic E-state index is 0.102. The molecular weight excluding hydrogens is 463 g/mol. The number of nitriles is 1. The predicted octanol–water partition coefficient (Wildman–Crippen LogP) is 5.72. The number of nitrogens with zero attached hydrogens (tertiary/aromatic N) is 1. The van der Waals surface area contributed by atoms with Gasteiger partial charge >= 0.3 is 0 Å². The largest absolute Gasteiger partial charge is 0.493 e. The Labute approximate surface area is 187 Å². The van der Waals surface area contributed by atoms with Crippen molar-refractivity contribution in [1.82, 2.24) is 0 Å². The fourth-order valence-electron chi connectivity index (χ4n) is 2.68. The van der Waals surface area contributed by atoms with Crippen LogP contribution in [0.4, 0.5) is 10.1 Å². The molecular formula is C24H18BrFN2O3. The summed E-state index contributed by atoms with van der Waals surface area (Å²) in [5, 5.41) is 12.0. The Balaban J connectivity index is 1.74. The summed E-state index contributed by atoms with van der Waals surface area (Å²) in [6, 6.07) is 20.1. The Kier molecular flexibility index (Phi) is 7.41. The molecule has 0 aliphatic heterocycles. The fraction of sp³-hybridized carbons (Fsp3) is 0.0833. The van der Waals surface area contributed by atoms with E-state index in [1.54, 1.807) is 18.2 Å². The van der Waals surface area contributed by atoms with Crippen molar-refractivity contribution in [2.45, 2.75) is 6.61 Å². The number of ether oxygens (including phenoxy) is 2. The molecule has 156 valence electrons. The number of carbonyl (C=O) groups excluding carboxylic acids is 1. The number of benzene rings is 3. The third-order valence-electron chi connectivity index (χ3n) is 4.27. The van der Waals surface area contributed by atoms with E-state index in [1.165, 1.54) is 37.5 Å². The third kappa shape index (κ3) is 6.17. The number of rotatable bonds is 7. The minimum Gasteiger partial charge on any atom is -0.493 e. The lowest BCUT2D eigenvalue weighted by molar-refractivity contribution is -0.112. The van der Waals surface area contributed by atoms with Crippen LogP contribution in [-0.2, 0) is 11.4 Å². The van der Waals surface area contributed by atoms with Crippen molar-refractivity contribution >= 4 is 33.6 Å². The van der Waals surface area contributed by atoms with Crippen LogP contribution >= 0.6 is 15.9 Å². The van der Waals surface area contributed by atoms with Crippen molar-refractivity contribution in [3.8, 4) is 17.6 Å². The molecule has 0 atom stereocenters. The van der Waals surface area contributed by atoms with E-state index in [4.69, 9.17) is 9.47 Å². The first-order valence-corrected chi connectivity index (χ1v) is 10.0. The summed E-state index contributed by atoms with van der Waals surface area (Å²) in [4.78, 5) is 12.4. The molecule has 0 saturated heterocycles. The van der Waals surface area contributed by atoms with Crippen molar-refractivity contribution < 1.29 is 18.7 Å². The zero-order valence-corrected chi connectivity index (χ0v) is 18.1. The smallest absolute Gasteiger partial charge is 0.266 e. The molecule has 0 aliphatic rings. The van der Waals surface area contributed by atoms with E-state index in [1.807, 2.05) is 30.3 Å². The minimum atomic E-state index is -0.594. The normalized spacial score (nSPS) is 10.8. The maximum Gasteiger partial charge on any atom is 0.266 e. The Morgan fingerprint density at radius 1 is 1.10 bits per heavy atom. The monoisotopic (exact) mass is 480 g/mol. The summed E-state index contributed by atoms with van der Waals surface area (Å²) in [5.74, 6) is 0.00570. The molecule has 0 saturated carbocycles. The van der Waals surface area contributed by atoms with Crippen LogP contribution in [0.2, 0.25) is 0 Å². The highest BCUT2D eigenvalue weighted by atomic mass is 79.9. The molecule has 0 fully saturated rings. The Bertz CT molecular complexity index is 1140. The first-order valence-electron chi connectivity index (χ1n) is 9.22. The van der Waals surface area contributed by atoms with E-state index in [9.17, 15) is 14.4 Å². The highest BCUT2D eigenvalue weighted by molar-refractivity contribution is 9.10. The number of hydrogen-bond acceptors (Lipinski definition) is 4. The second-order valence-corrected chi connectivity index (χ2v) is 7.37. The molecule has 0 heterocycles. The van der Waals surface area contributed by atoms with E-state index >= 15 is 0 Å². The van der Waals surface area contributed by atoms with Gasteiger partial charge in [-0.1, -0.05) is 34.1 Å². The lowest BCUT2D eigenvalue weighted by Crippen LogP contribution is -2.13. The summed E-state index contributed by atoms with van der Waals surface area (Å²) in [6.07, 6.45) is 1.44. The molecule has 7 heteroatoms. The van der Waals surface area contributed by atoms with E-state index < -0.39 is 11.7 Å². The molecule has 0 spiro atoms. The highest BCUT2D eigenvalue weighted by Crippen LogP contribution is 2.30. The van der Waals surface area contributed by atoms with Crippen LogP contribution in [-0.4, -0.2) is 13.0 Å². The Morgan fingerprint density at radius 3 is 2.45 bits per heavy atom. The number of halogens is 2. The molecule has 0 radical (unpaired) electrons. The Hall–Kier alpha value is -3.63. The van der Waals surface area contributed by atoms with Gasteiger partial charge in [-0.25, -0.2) is 4.39 Å². The van der Waals surface area contributed by atoms with E-state index in [0.717, 1.165) is 10.0 Å². The SMILES string of the molecule is COc1cc(/C=C(/C#N)C(=O)Nc2ccc(F)cc2)ccc1OCc1ccc(Br)cc1. The highest BCUT2D eigenvalue weighted by Gasteiger charge is 2.11. The molecule has 0 aromatic heterocycles. The summed E-state index contributed by atoms with van der Waals surface area (Å²) in [7, 11) is 1.52. The van der Waals surface area contributed by atoms with Gasteiger partial charge in [0, 0.05) is 10.2 Å². The number of nitrogens with one attached hydrogen (secondary N) is 1. The van der Waals surface area contributed by atoms with Crippen LogP contribution in [0, 0.1) is 17.1 Å². The van der Waals surface area contributed by atoms with Crippen molar-refractivity contribution in [2.24, 2.45) is 0 Å². The second kappa shape index (κ2) is 10.4. The van der Waals surface area contributed by atoms with Crippen LogP contribution in [0.25, 0.3) is 6.08 Å². The zero-order valence-electron chi connectivity index (χ0n) is 16.6. The topological polar surface area (TPSA) is 71.3 Å². The number of hydrogen-bond donors (Lipinski definition) is 1. The maximum absolute atomic E-state index is 13.0. The second-order valence-electron chi connectivity index (χ2n) is 6.46. The van der Waals surface area contributed by atoms with Crippen LogP contribution in [0.15, 0.2) is 76.8 Å². The first-order chi connectivity index (χ1) is 15.0. The van der Waals surface area contributed by atoms with Gasteiger partial charge in [0.1, 0.15) is 24.1 Å². The van der Waals surface area contributed by atoms with Gasteiger partial charge in [0.05, 0.1) is 7.11 Å². The number of amides is 1. The lowest BCUT2D eigenvalue weighted by Gasteiger charge is -2.12. The number of anilines is 1. The molecule has 1 amide bonds. The average Bonchev–Trinajstić information content (AvgIpc) is 2.78. The molecule has 1 N–H and O–H groups in total. The maximum atomic E-state index is 13.0. The predicted molar refractivity (Wildman–Crippen MR) is 120 cm³/mol.